The second kappa shape index (κ2) is 5.03. The molecule has 1 N–H and O–H groups in total. The fourth-order valence-electron chi connectivity index (χ4n) is 1.08. The van der Waals surface area contributed by atoms with Crippen LogP contribution in [0.25, 0.3) is 0 Å². The summed E-state index contributed by atoms with van der Waals surface area (Å²) in [6.07, 6.45) is 5.55. The molecule has 0 saturated carbocycles. The average Bonchev–Trinajstić information content (AvgIpc) is 2.19. The zero-order chi connectivity index (χ0) is 10.4. The van der Waals surface area contributed by atoms with Crippen molar-refractivity contribution in [1.29, 1.82) is 5.26 Å². The van der Waals surface area contributed by atoms with Crippen LogP contribution >= 0.6 is 0 Å². The summed E-state index contributed by atoms with van der Waals surface area (Å²) in [6, 6.07) is 3.98. The highest BCUT2D eigenvalue weighted by Crippen LogP contribution is 2.13. The predicted octanol–water partition coefficient (Wildman–Crippen LogP) is 2.25. The Labute approximate surface area is 84.1 Å². The number of aryl methyl sites for hydroxylation is 1. The van der Waals surface area contributed by atoms with E-state index < -0.39 is 0 Å². The van der Waals surface area contributed by atoms with Gasteiger partial charge in [-0.1, -0.05) is 12.2 Å². The number of pyridine rings is 1. The van der Waals surface area contributed by atoms with Gasteiger partial charge in [0.15, 0.2) is 0 Å². The van der Waals surface area contributed by atoms with Gasteiger partial charge in [-0.25, -0.2) is 0 Å². The lowest BCUT2D eigenvalue weighted by Crippen LogP contribution is -2.01. The standard InChI is InChI=1S/C11H13N3/c1-3-4-5-13-11-6-9(2)14-8-10(11)7-12/h3-4,6,8H,5H2,1-2H3,(H,13,14)/b4-3+. The van der Waals surface area contributed by atoms with E-state index in [-0.39, 0.29) is 0 Å². The van der Waals surface area contributed by atoms with Crippen LogP contribution < -0.4 is 5.32 Å². The minimum atomic E-state index is 0.583. The Hall–Kier alpha value is -1.82. The van der Waals surface area contributed by atoms with Gasteiger partial charge in [-0.3, -0.25) is 4.98 Å². The Kier molecular flexibility index (Phi) is 3.69. The summed E-state index contributed by atoms with van der Waals surface area (Å²) >= 11 is 0. The van der Waals surface area contributed by atoms with Crippen LogP contribution in [0.1, 0.15) is 18.2 Å². The Bertz CT molecular complexity index is 375. The first kappa shape index (κ1) is 10.3. The highest BCUT2D eigenvalue weighted by atomic mass is 14.9. The van der Waals surface area contributed by atoms with Crippen molar-refractivity contribution in [2.75, 3.05) is 11.9 Å². The number of nitriles is 1. The monoisotopic (exact) mass is 187 g/mol. The van der Waals surface area contributed by atoms with Gasteiger partial charge in [0, 0.05) is 18.4 Å². The maximum atomic E-state index is 8.82. The summed E-state index contributed by atoms with van der Waals surface area (Å²) in [5, 5.41) is 12.0. The van der Waals surface area contributed by atoms with Crippen LogP contribution in [0.3, 0.4) is 0 Å². The maximum absolute atomic E-state index is 8.82. The lowest BCUT2D eigenvalue weighted by Gasteiger charge is -2.05. The Morgan fingerprint density at radius 3 is 3.07 bits per heavy atom. The van der Waals surface area contributed by atoms with Crippen LogP contribution in [0, 0.1) is 18.3 Å². The average molecular weight is 187 g/mol. The van der Waals surface area contributed by atoms with Crippen molar-refractivity contribution in [2.45, 2.75) is 13.8 Å². The molecule has 0 amide bonds. The second-order valence-electron chi connectivity index (χ2n) is 2.93. The zero-order valence-corrected chi connectivity index (χ0v) is 8.41. The van der Waals surface area contributed by atoms with E-state index in [4.69, 9.17) is 5.26 Å². The van der Waals surface area contributed by atoms with Crippen molar-refractivity contribution < 1.29 is 0 Å². The van der Waals surface area contributed by atoms with Gasteiger partial charge in [0.05, 0.1) is 11.3 Å². The van der Waals surface area contributed by atoms with E-state index in [1.807, 2.05) is 32.1 Å². The van der Waals surface area contributed by atoms with Gasteiger partial charge in [0.1, 0.15) is 6.07 Å². The lowest BCUT2D eigenvalue weighted by atomic mass is 10.2. The smallest absolute Gasteiger partial charge is 0.103 e. The number of nitrogens with one attached hydrogen (secondary N) is 1. The van der Waals surface area contributed by atoms with Gasteiger partial charge >= 0.3 is 0 Å². The number of nitrogens with zero attached hydrogens (tertiary/aromatic N) is 2. The molecule has 0 aliphatic rings. The van der Waals surface area contributed by atoms with Gasteiger partial charge in [-0.05, 0) is 19.9 Å². The number of allylic oxidation sites excluding steroid dienone is 1. The van der Waals surface area contributed by atoms with E-state index in [0.29, 0.717) is 5.56 Å². The van der Waals surface area contributed by atoms with Gasteiger partial charge < -0.3 is 5.32 Å². The predicted molar refractivity (Wildman–Crippen MR) is 57.0 cm³/mol. The fourth-order valence-corrected chi connectivity index (χ4v) is 1.08. The lowest BCUT2D eigenvalue weighted by molar-refractivity contribution is 1.17. The molecular weight excluding hydrogens is 174 g/mol. The first-order valence-electron chi connectivity index (χ1n) is 4.49. The highest BCUT2D eigenvalue weighted by Gasteiger charge is 2.00. The number of rotatable bonds is 3. The Balaban J connectivity index is 2.83. The second-order valence-corrected chi connectivity index (χ2v) is 2.93. The normalized spacial score (nSPS) is 10.1. The van der Waals surface area contributed by atoms with E-state index in [1.54, 1.807) is 6.20 Å². The summed E-state index contributed by atoms with van der Waals surface area (Å²) in [6.45, 7) is 4.60. The topological polar surface area (TPSA) is 48.7 Å². The third kappa shape index (κ3) is 2.60. The van der Waals surface area contributed by atoms with Gasteiger partial charge in [-0.15, -0.1) is 0 Å². The molecule has 1 heterocycles. The van der Waals surface area contributed by atoms with Crippen molar-refractivity contribution in [3.05, 3.63) is 35.7 Å². The number of aromatic nitrogens is 1. The van der Waals surface area contributed by atoms with Crippen LogP contribution in [0.2, 0.25) is 0 Å². The molecule has 3 heteroatoms. The molecule has 72 valence electrons. The molecule has 0 aliphatic heterocycles. The fraction of sp³-hybridized carbons (Fsp3) is 0.273. The minimum absolute atomic E-state index is 0.583. The molecule has 1 aromatic heterocycles. The molecule has 1 aromatic rings. The number of anilines is 1. The first-order valence-corrected chi connectivity index (χ1v) is 4.49. The van der Waals surface area contributed by atoms with E-state index in [0.717, 1.165) is 17.9 Å². The third-order valence-corrected chi connectivity index (χ3v) is 1.81. The molecule has 0 saturated heterocycles. The third-order valence-electron chi connectivity index (χ3n) is 1.81. The molecule has 1 rings (SSSR count). The molecule has 0 atom stereocenters. The van der Waals surface area contributed by atoms with Gasteiger partial charge in [0.2, 0.25) is 0 Å². The zero-order valence-electron chi connectivity index (χ0n) is 8.41. The van der Waals surface area contributed by atoms with Crippen molar-refractivity contribution in [3.63, 3.8) is 0 Å². The summed E-state index contributed by atoms with van der Waals surface area (Å²) in [7, 11) is 0. The molecule has 0 bridgehead atoms. The van der Waals surface area contributed by atoms with Crippen LogP contribution in [0.5, 0.6) is 0 Å². The van der Waals surface area contributed by atoms with Crippen LogP contribution in [-0.4, -0.2) is 11.5 Å². The summed E-state index contributed by atoms with van der Waals surface area (Å²) in [5.74, 6) is 0. The highest BCUT2D eigenvalue weighted by molar-refractivity contribution is 5.57. The summed E-state index contributed by atoms with van der Waals surface area (Å²) in [4.78, 5) is 4.06. The van der Waals surface area contributed by atoms with Gasteiger partial charge in [0.25, 0.3) is 0 Å². The summed E-state index contributed by atoms with van der Waals surface area (Å²) in [5.41, 5.74) is 2.34. The summed E-state index contributed by atoms with van der Waals surface area (Å²) < 4.78 is 0. The Morgan fingerprint density at radius 2 is 2.43 bits per heavy atom. The van der Waals surface area contributed by atoms with Crippen LogP contribution in [0.15, 0.2) is 24.4 Å². The maximum Gasteiger partial charge on any atom is 0.103 e. The largest absolute Gasteiger partial charge is 0.380 e. The number of hydrogen-bond acceptors (Lipinski definition) is 3. The molecule has 0 fully saturated rings. The van der Waals surface area contributed by atoms with E-state index in [2.05, 4.69) is 16.4 Å². The molecule has 0 unspecified atom stereocenters. The van der Waals surface area contributed by atoms with E-state index in [9.17, 15) is 0 Å². The first-order chi connectivity index (χ1) is 6.77. The molecule has 0 aliphatic carbocycles. The quantitative estimate of drug-likeness (QED) is 0.738. The molecule has 3 nitrogen and oxygen atoms in total. The molecule has 0 spiro atoms. The molecule has 14 heavy (non-hydrogen) atoms. The molecule has 0 radical (unpaired) electrons. The van der Waals surface area contributed by atoms with Crippen molar-refractivity contribution in [1.82, 2.24) is 4.98 Å². The van der Waals surface area contributed by atoms with Crippen molar-refractivity contribution in [3.8, 4) is 6.07 Å². The van der Waals surface area contributed by atoms with Crippen molar-refractivity contribution >= 4 is 5.69 Å². The SMILES string of the molecule is C/C=C/CNc1cc(C)ncc1C#N. The van der Waals surface area contributed by atoms with Crippen molar-refractivity contribution in [2.24, 2.45) is 0 Å². The van der Waals surface area contributed by atoms with E-state index in [1.165, 1.54) is 0 Å². The minimum Gasteiger partial charge on any atom is -0.380 e. The molecular formula is C11H13N3. The molecule has 0 aromatic carbocycles. The van der Waals surface area contributed by atoms with Crippen LogP contribution in [0.4, 0.5) is 5.69 Å². The number of hydrogen-bond donors (Lipinski definition) is 1. The van der Waals surface area contributed by atoms with Crippen LogP contribution in [-0.2, 0) is 0 Å². The van der Waals surface area contributed by atoms with Gasteiger partial charge in [-0.2, -0.15) is 5.26 Å². The van der Waals surface area contributed by atoms with E-state index >= 15 is 0 Å². The Morgan fingerprint density at radius 1 is 1.64 bits per heavy atom.